The van der Waals surface area contributed by atoms with Crippen LogP contribution in [0.2, 0.25) is 0 Å². The third kappa shape index (κ3) is 4.54. The highest BCUT2D eigenvalue weighted by Crippen LogP contribution is 2.21. The second kappa shape index (κ2) is 8.33. The molecule has 27 heavy (non-hydrogen) atoms. The van der Waals surface area contributed by atoms with Crippen molar-refractivity contribution in [3.63, 3.8) is 0 Å². The fourth-order valence-electron chi connectivity index (χ4n) is 3.76. The van der Waals surface area contributed by atoms with Crippen LogP contribution in [0.15, 0.2) is 36.4 Å². The summed E-state index contributed by atoms with van der Waals surface area (Å²) in [4.78, 5) is 31.8. The Kier molecular flexibility index (Phi) is 5.89. The Balaban J connectivity index is 1.78. The second-order valence-corrected chi connectivity index (χ2v) is 7.29. The third-order valence-corrected chi connectivity index (χ3v) is 5.04. The predicted octanol–water partition coefficient (Wildman–Crippen LogP) is 4.36. The van der Waals surface area contributed by atoms with Gasteiger partial charge < -0.3 is 10.2 Å². The molecule has 0 bridgehead atoms. The molecule has 0 saturated carbocycles. The van der Waals surface area contributed by atoms with Gasteiger partial charge in [0.25, 0.3) is 11.8 Å². The molecule has 0 spiro atoms. The van der Waals surface area contributed by atoms with Gasteiger partial charge in [-0.25, -0.2) is 4.98 Å². The first-order valence-corrected chi connectivity index (χ1v) is 9.65. The zero-order valence-corrected chi connectivity index (χ0v) is 16.3. The average Bonchev–Trinajstić information content (AvgIpc) is 2.66. The summed E-state index contributed by atoms with van der Waals surface area (Å²) in [5, 5.41) is 2.88. The summed E-state index contributed by atoms with van der Waals surface area (Å²) in [5.41, 5.74) is 3.49. The van der Waals surface area contributed by atoms with Crippen LogP contribution in [0.1, 0.15) is 64.7 Å². The number of pyridine rings is 1. The zero-order valence-electron chi connectivity index (χ0n) is 16.3. The van der Waals surface area contributed by atoms with Gasteiger partial charge in [0.2, 0.25) is 0 Å². The Labute approximate surface area is 160 Å². The molecule has 0 aliphatic carbocycles. The van der Waals surface area contributed by atoms with E-state index in [9.17, 15) is 9.59 Å². The van der Waals surface area contributed by atoms with Crippen LogP contribution in [-0.2, 0) is 0 Å². The van der Waals surface area contributed by atoms with E-state index in [1.165, 1.54) is 0 Å². The number of aromatic nitrogens is 1. The quantitative estimate of drug-likeness (QED) is 0.876. The molecule has 1 aliphatic heterocycles. The molecule has 1 fully saturated rings. The molecule has 1 aromatic heterocycles. The van der Waals surface area contributed by atoms with Crippen LogP contribution in [-0.4, -0.2) is 34.3 Å². The number of amides is 2. The van der Waals surface area contributed by atoms with Gasteiger partial charge >= 0.3 is 0 Å². The van der Waals surface area contributed by atoms with Crippen LogP contribution in [0.5, 0.6) is 0 Å². The van der Waals surface area contributed by atoms with Crippen molar-refractivity contribution in [1.82, 2.24) is 9.88 Å². The number of aryl methyl sites for hydroxylation is 2. The summed E-state index contributed by atoms with van der Waals surface area (Å²) < 4.78 is 0. The van der Waals surface area contributed by atoms with Crippen LogP contribution in [0.25, 0.3) is 0 Å². The van der Waals surface area contributed by atoms with Crippen LogP contribution < -0.4 is 5.32 Å². The standard InChI is InChI=1S/C22H27N3O2/c1-4-18-8-5-6-11-25(18)22(27)20-10-7-9-19(24-20)21(26)23-17-13-15(2)12-16(3)14-17/h7,9-10,12-14,18H,4-6,8,11H2,1-3H3,(H,23,26). The molecule has 1 unspecified atom stereocenters. The minimum absolute atomic E-state index is 0.0809. The molecule has 2 aromatic rings. The van der Waals surface area contributed by atoms with Crippen molar-refractivity contribution < 1.29 is 9.59 Å². The number of nitrogens with one attached hydrogen (secondary N) is 1. The Morgan fingerprint density at radius 1 is 1.11 bits per heavy atom. The van der Waals surface area contributed by atoms with E-state index >= 15 is 0 Å². The number of piperidine rings is 1. The molecular formula is C22H27N3O2. The van der Waals surface area contributed by atoms with E-state index in [4.69, 9.17) is 0 Å². The largest absolute Gasteiger partial charge is 0.334 e. The molecule has 1 aliphatic rings. The summed E-state index contributed by atoms with van der Waals surface area (Å²) in [6, 6.07) is 11.2. The molecule has 1 saturated heterocycles. The van der Waals surface area contributed by atoms with Gasteiger partial charge in [-0.15, -0.1) is 0 Å². The maximum atomic E-state index is 12.9. The summed E-state index contributed by atoms with van der Waals surface area (Å²) >= 11 is 0. The fourth-order valence-corrected chi connectivity index (χ4v) is 3.76. The van der Waals surface area contributed by atoms with Gasteiger partial charge in [-0.2, -0.15) is 0 Å². The minimum atomic E-state index is -0.305. The lowest BCUT2D eigenvalue weighted by molar-refractivity contribution is 0.0602. The second-order valence-electron chi connectivity index (χ2n) is 7.29. The van der Waals surface area contributed by atoms with Gasteiger partial charge in [0.05, 0.1) is 0 Å². The maximum Gasteiger partial charge on any atom is 0.274 e. The number of carbonyl (C=O) groups is 2. The highest BCUT2D eigenvalue weighted by Gasteiger charge is 2.27. The summed E-state index contributed by atoms with van der Waals surface area (Å²) in [5.74, 6) is -0.386. The lowest BCUT2D eigenvalue weighted by Gasteiger charge is -2.35. The number of benzene rings is 1. The maximum absolute atomic E-state index is 12.9. The van der Waals surface area contributed by atoms with E-state index in [0.29, 0.717) is 5.69 Å². The van der Waals surface area contributed by atoms with E-state index in [0.717, 1.165) is 49.0 Å². The molecule has 142 valence electrons. The molecule has 1 atom stereocenters. The normalized spacial score (nSPS) is 16.9. The number of hydrogen-bond acceptors (Lipinski definition) is 3. The van der Waals surface area contributed by atoms with Crippen molar-refractivity contribution in [1.29, 1.82) is 0 Å². The number of hydrogen-bond donors (Lipinski definition) is 1. The molecule has 2 amide bonds. The first kappa shape index (κ1) is 19.1. The lowest BCUT2D eigenvalue weighted by Crippen LogP contribution is -2.43. The Hall–Kier alpha value is -2.69. The Morgan fingerprint density at radius 2 is 1.81 bits per heavy atom. The lowest BCUT2D eigenvalue weighted by atomic mass is 9.99. The molecular weight excluding hydrogens is 338 g/mol. The number of nitrogens with zero attached hydrogens (tertiary/aromatic N) is 2. The smallest absolute Gasteiger partial charge is 0.274 e. The molecule has 5 heteroatoms. The van der Waals surface area contributed by atoms with Gasteiger partial charge in [-0.05, 0) is 74.9 Å². The van der Waals surface area contributed by atoms with Crippen LogP contribution in [0.4, 0.5) is 5.69 Å². The molecule has 2 heterocycles. The Bertz CT molecular complexity index is 827. The SMILES string of the molecule is CCC1CCCCN1C(=O)c1cccc(C(=O)Nc2cc(C)cc(C)c2)n1. The fraction of sp³-hybridized carbons (Fsp3) is 0.409. The first-order valence-electron chi connectivity index (χ1n) is 9.65. The van der Waals surface area contributed by atoms with Crippen molar-refractivity contribution >= 4 is 17.5 Å². The van der Waals surface area contributed by atoms with E-state index in [1.807, 2.05) is 30.9 Å². The predicted molar refractivity (Wildman–Crippen MR) is 107 cm³/mol. The number of likely N-dealkylation sites (tertiary alicyclic amines) is 1. The van der Waals surface area contributed by atoms with Crippen LogP contribution in [0, 0.1) is 13.8 Å². The molecule has 5 nitrogen and oxygen atoms in total. The number of rotatable bonds is 4. The zero-order chi connectivity index (χ0) is 19.4. The third-order valence-electron chi connectivity index (χ3n) is 5.04. The number of anilines is 1. The van der Waals surface area contributed by atoms with Crippen molar-refractivity contribution in [2.45, 2.75) is 52.5 Å². The van der Waals surface area contributed by atoms with Gasteiger partial charge in [0, 0.05) is 18.3 Å². The minimum Gasteiger partial charge on any atom is -0.334 e. The van der Waals surface area contributed by atoms with Crippen LogP contribution >= 0.6 is 0 Å². The monoisotopic (exact) mass is 365 g/mol. The molecule has 1 N–H and O–H groups in total. The van der Waals surface area contributed by atoms with E-state index in [1.54, 1.807) is 18.2 Å². The van der Waals surface area contributed by atoms with E-state index in [2.05, 4.69) is 23.3 Å². The van der Waals surface area contributed by atoms with Crippen molar-refractivity contribution in [3.8, 4) is 0 Å². The molecule has 3 rings (SSSR count). The van der Waals surface area contributed by atoms with E-state index < -0.39 is 0 Å². The summed E-state index contributed by atoms with van der Waals surface area (Å²) in [6.45, 7) is 6.85. The molecule has 1 aromatic carbocycles. The summed E-state index contributed by atoms with van der Waals surface area (Å²) in [6.07, 6.45) is 4.16. The highest BCUT2D eigenvalue weighted by atomic mass is 16.2. The first-order chi connectivity index (χ1) is 13.0. The van der Waals surface area contributed by atoms with Gasteiger partial charge in [0.1, 0.15) is 11.4 Å². The average molecular weight is 365 g/mol. The highest BCUT2D eigenvalue weighted by molar-refractivity contribution is 6.04. The van der Waals surface area contributed by atoms with Crippen molar-refractivity contribution in [2.24, 2.45) is 0 Å². The van der Waals surface area contributed by atoms with Crippen molar-refractivity contribution in [3.05, 3.63) is 58.9 Å². The van der Waals surface area contributed by atoms with Gasteiger partial charge in [0.15, 0.2) is 0 Å². The number of carbonyl (C=O) groups excluding carboxylic acids is 2. The van der Waals surface area contributed by atoms with E-state index in [-0.39, 0.29) is 23.6 Å². The topological polar surface area (TPSA) is 62.3 Å². The van der Waals surface area contributed by atoms with Crippen molar-refractivity contribution in [2.75, 3.05) is 11.9 Å². The van der Waals surface area contributed by atoms with Gasteiger partial charge in [-0.3, -0.25) is 9.59 Å². The summed E-state index contributed by atoms with van der Waals surface area (Å²) in [7, 11) is 0. The Morgan fingerprint density at radius 3 is 2.52 bits per heavy atom. The van der Waals surface area contributed by atoms with Crippen LogP contribution in [0.3, 0.4) is 0 Å². The van der Waals surface area contributed by atoms with Gasteiger partial charge in [-0.1, -0.05) is 19.1 Å². The molecule has 0 radical (unpaired) electrons.